The van der Waals surface area contributed by atoms with Crippen LogP contribution in [-0.2, 0) is 19.7 Å². The summed E-state index contributed by atoms with van der Waals surface area (Å²) in [6.45, 7) is 7.34. The molecule has 6 nitrogen and oxygen atoms in total. The lowest BCUT2D eigenvalue weighted by molar-refractivity contribution is -0.145. The fraction of sp³-hybridized carbons (Fsp3) is 0.579. The Morgan fingerprint density at radius 2 is 1.96 bits per heavy atom. The van der Waals surface area contributed by atoms with Crippen LogP contribution in [0.4, 0.5) is 0 Å². The van der Waals surface area contributed by atoms with Crippen molar-refractivity contribution in [3.63, 3.8) is 0 Å². The average molecular weight is 348 g/mol. The third-order valence-corrected chi connectivity index (χ3v) is 4.53. The molecule has 0 radical (unpaired) electrons. The zero-order valence-corrected chi connectivity index (χ0v) is 15.2. The molecular formula is C19H28N2O4. The maximum atomic E-state index is 12.3. The van der Waals surface area contributed by atoms with Crippen LogP contribution in [0.3, 0.4) is 0 Å². The number of carbonyl (C=O) groups excluding carboxylic acids is 2. The molecule has 1 heterocycles. The Balaban J connectivity index is 1.87. The quantitative estimate of drug-likeness (QED) is 0.843. The molecule has 1 aliphatic rings. The van der Waals surface area contributed by atoms with E-state index in [9.17, 15) is 14.7 Å². The Kier molecular flexibility index (Phi) is 6.19. The zero-order valence-electron chi connectivity index (χ0n) is 15.2. The second kappa shape index (κ2) is 7.97. The lowest BCUT2D eigenvalue weighted by atomic mass is 9.86. The predicted octanol–water partition coefficient (Wildman–Crippen LogP) is 1.51. The highest BCUT2D eigenvalue weighted by Gasteiger charge is 2.27. The van der Waals surface area contributed by atoms with E-state index in [4.69, 9.17) is 10.5 Å². The Hall–Kier alpha value is -1.92. The molecule has 0 aromatic heterocycles. The van der Waals surface area contributed by atoms with Gasteiger partial charge in [-0.3, -0.25) is 9.59 Å². The maximum absolute atomic E-state index is 12.3. The standard InChI is InChI=1S/C19H28N2O4/c1-19(2,3)14-6-4-13(5-7-14)15(22)8-9-17(23)21-10-11-25-16(12-21)18(20)24/h4-7,15-16,22H,8-12H2,1-3H3,(H2,20,24). The molecule has 25 heavy (non-hydrogen) atoms. The van der Waals surface area contributed by atoms with Gasteiger partial charge >= 0.3 is 0 Å². The number of aliphatic hydroxyl groups excluding tert-OH is 1. The number of nitrogens with zero attached hydrogens (tertiary/aromatic N) is 1. The number of hydrogen-bond donors (Lipinski definition) is 2. The van der Waals surface area contributed by atoms with E-state index in [1.54, 1.807) is 4.90 Å². The summed E-state index contributed by atoms with van der Waals surface area (Å²) in [4.78, 5) is 25.1. The SMILES string of the molecule is CC(C)(C)c1ccc(C(O)CCC(=O)N2CCOC(C(N)=O)C2)cc1. The monoisotopic (exact) mass is 348 g/mol. The van der Waals surface area contributed by atoms with Crippen LogP contribution in [0.1, 0.15) is 50.8 Å². The van der Waals surface area contributed by atoms with E-state index in [1.807, 2.05) is 24.3 Å². The molecule has 2 atom stereocenters. The summed E-state index contributed by atoms with van der Waals surface area (Å²) in [6, 6.07) is 7.85. The molecule has 1 saturated heterocycles. The van der Waals surface area contributed by atoms with Crippen molar-refractivity contribution in [1.29, 1.82) is 0 Å². The number of ether oxygens (including phenoxy) is 1. The summed E-state index contributed by atoms with van der Waals surface area (Å²) >= 11 is 0. The van der Waals surface area contributed by atoms with Crippen molar-refractivity contribution in [3.05, 3.63) is 35.4 Å². The second-order valence-electron chi connectivity index (χ2n) is 7.53. The van der Waals surface area contributed by atoms with Crippen molar-refractivity contribution in [2.75, 3.05) is 19.7 Å². The first kappa shape index (κ1) is 19.4. The molecule has 0 spiro atoms. The number of benzene rings is 1. The molecule has 2 unspecified atom stereocenters. The Morgan fingerprint density at radius 3 is 2.52 bits per heavy atom. The number of morpholine rings is 1. The molecular weight excluding hydrogens is 320 g/mol. The molecule has 138 valence electrons. The second-order valence-corrected chi connectivity index (χ2v) is 7.53. The molecule has 2 amide bonds. The van der Waals surface area contributed by atoms with Crippen molar-refractivity contribution >= 4 is 11.8 Å². The van der Waals surface area contributed by atoms with Gasteiger partial charge in [-0.2, -0.15) is 0 Å². The minimum atomic E-state index is -0.743. The van der Waals surface area contributed by atoms with Crippen LogP contribution in [-0.4, -0.2) is 47.6 Å². The van der Waals surface area contributed by atoms with Crippen molar-refractivity contribution in [2.45, 2.75) is 51.2 Å². The van der Waals surface area contributed by atoms with Crippen LogP contribution in [0.25, 0.3) is 0 Å². The lowest BCUT2D eigenvalue weighted by Crippen LogP contribution is -2.50. The highest BCUT2D eigenvalue weighted by Crippen LogP contribution is 2.25. The minimum absolute atomic E-state index is 0.0623. The van der Waals surface area contributed by atoms with Gasteiger partial charge in [0.05, 0.1) is 19.3 Å². The highest BCUT2D eigenvalue weighted by molar-refractivity contribution is 5.81. The molecule has 0 aliphatic carbocycles. The number of rotatable bonds is 5. The van der Waals surface area contributed by atoms with Crippen LogP contribution >= 0.6 is 0 Å². The van der Waals surface area contributed by atoms with Gasteiger partial charge < -0.3 is 20.5 Å². The van der Waals surface area contributed by atoms with Gasteiger partial charge in [-0.25, -0.2) is 0 Å². The van der Waals surface area contributed by atoms with E-state index in [0.717, 1.165) is 5.56 Å². The molecule has 1 aromatic carbocycles. The number of carbonyl (C=O) groups is 2. The number of primary amides is 1. The third kappa shape index (κ3) is 5.28. The van der Waals surface area contributed by atoms with Crippen LogP contribution in [0.5, 0.6) is 0 Å². The smallest absolute Gasteiger partial charge is 0.248 e. The summed E-state index contributed by atoms with van der Waals surface area (Å²) in [6.07, 6.45) is -0.876. The van der Waals surface area contributed by atoms with Gasteiger partial charge in [-0.1, -0.05) is 45.0 Å². The first-order valence-corrected chi connectivity index (χ1v) is 8.65. The molecule has 2 rings (SSSR count). The van der Waals surface area contributed by atoms with Gasteiger partial charge in [0.2, 0.25) is 11.8 Å². The van der Waals surface area contributed by atoms with Crippen molar-refractivity contribution in [2.24, 2.45) is 5.73 Å². The largest absolute Gasteiger partial charge is 0.388 e. The van der Waals surface area contributed by atoms with E-state index < -0.39 is 18.1 Å². The van der Waals surface area contributed by atoms with Crippen molar-refractivity contribution in [1.82, 2.24) is 4.90 Å². The summed E-state index contributed by atoms with van der Waals surface area (Å²) in [5.41, 5.74) is 7.29. The molecule has 0 bridgehead atoms. The van der Waals surface area contributed by atoms with E-state index in [1.165, 1.54) is 5.56 Å². The number of nitrogens with two attached hydrogens (primary N) is 1. The summed E-state index contributed by atoms with van der Waals surface area (Å²) < 4.78 is 5.24. The third-order valence-electron chi connectivity index (χ3n) is 4.53. The van der Waals surface area contributed by atoms with E-state index in [2.05, 4.69) is 20.8 Å². The van der Waals surface area contributed by atoms with Gasteiger partial charge in [-0.15, -0.1) is 0 Å². The maximum Gasteiger partial charge on any atom is 0.248 e. The Bertz CT molecular complexity index is 607. The molecule has 0 saturated carbocycles. The molecule has 6 heteroatoms. The van der Waals surface area contributed by atoms with E-state index >= 15 is 0 Å². The Morgan fingerprint density at radius 1 is 1.32 bits per heavy atom. The van der Waals surface area contributed by atoms with Crippen molar-refractivity contribution in [3.8, 4) is 0 Å². The number of aliphatic hydroxyl groups is 1. The normalized spacial score (nSPS) is 19.5. The summed E-state index contributed by atoms with van der Waals surface area (Å²) in [7, 11) is 0. The molecule has 3 N–H and O–H groups in total. The molecule has 1 aliphatic heterocycles. The Labute approximate surface area is 149 Å². The fourth-order valence-electron chi connectivity index (χ4n) is 2.84. The average Bonchev–Trinajstić information content (AvgIpc) is 2.58. The van der Waals surface area contributed by atoms with Gasteiger partial charge in [0.25, 0.3) is 0 Å². The minimum Gasteiger partial charge on any atom is -0.388 e. The predicted molar refractivity (Wildman–Crippen MR) is 94.9 cm³/mol. The summed E-state index contributed by atoms with van der Waals surface area (Å²) in [5, 5.41) is 10.3. The van der Waals surface area contributed by atoms with Crippen LogP contribution in [0, 0.1) is 0 Å². The van der Waals surface area contributed by atoms with E-state index in [0.29, 0.717) is 19.6 Å². The van der Waals surface area contributed by atoms with Gasteiger partial charge in [0, 0.05) is 13.0 Å². The van der Waals surface area contributed by atoms with Crippen molar-refractivity contribution < 1.29 is 19.4 Å². The summed E-state index contributed by atoms with van der Waals surface area (Å²) in [5.74, 6) is -0.656. The molecule has 1 fully saturated rings. The van der Waals surface area contributed by atoms with Crippen LogP contribution < -0.4 is 5.73 Å². The van der Waals surface area contributed by atoms with Gasteiger partial charge in [0.1, 0.15) is 0 Å². The van der Waals surface area contributed by atoms with Gasteiger partial charge in [-0.05, 0) is 23.0 Å². The highest BCUT2D eigenvalue weighted by atomic mass is 16.5. The number of amides is 2. The topological polar surface area (TPSA) is 92.9 Å². The van der Waals surface area contributed by atoms with Crippen LogP contribution in [0.15, 0.2) is 24.3 Å². The van der Waals surface area contributed by atoms with Crippen LogP contribution in [0.2, 0.25) is 0 Å². The van der Waals surface area contributed by atoms with E-state index in [-0.39, 0.29) is 24.3 Å². The zero-order chi connectivity index (χ0) is 18.6. The first-order valence-electron chi connectivity index (χ1n) is 8.65. The first-order chi connectivity index (χ1) is 11.7. The number of hydrogen-bond acceptors (Lipinski definition) is 4. The van der Waals surface area contributed by atoms with Gasteiger partial charge in [0.15, 0.2) is 6.10 Å². The fourth-order valence-corrected chi connectivity index (χ4v) is 2.84. The molecule has 1 aromatic rings. The lowest BCUT2D eigenvalue weighted by Gasteiger charge is -2.31.